The molecule has 0 aliphatic rings. The maximum Gasteiger partial charge on any atom is 0.132 e. The monoisotopic (exact) mass is 249 g/mol. The Balaban J connectivity index is 2.13. The summed E-state index contributed by atoms with van der Waals surface area (Å²) in [6, 6.07) is 3.40. The van der Waals surface area contributed by atoms with Gasteiger partial charge in [-0.2, -0.15) is 0 Å². The topological polar surface area (TPSA) is 51.8 Å². The summed E-state index contributed by atoms with van der Waals surface area (Å²) in [4.78, 5) is 8.28. The summed E-state index contributed by atoms with van der Waals surface area (Å²) in [6.45, 7) is 0.539. The summed E-state index contributed by atoms with van der Waals surface area (Å²) in [5, 5.41) is 0. The average Bonchev–Trinajstić information content (AvgIpc) is 2.31. The minimum atomic E-state index is -0.593. The zero-order valence-electron chi connectivity index (χ0n) is 9.74. The van der Waals surface area contributed by atoms with E-state index in [1.54, 1.807) is 12.4 Å². The van der Waals surface area contributed by atoms with E-state index < -0.39 is 11.6 Å². The standard InChI is InChI=1S/C13H13F2N3/c14-11-3-10(4-12(15)6-11)5-13-17-7-9(1-2-16)8-18-13/h3-4,6-8H,1-2,5,16H2. The average molecular weight is 249 g/mol. The number of halogens is 2. The van der Waals surface area contributed by atoms with Crippen LogP contribution in [0.2, 0.25) is 0 Å². The molecule has 0 unspecified atom stereocenters. The molecule has 0 fully saturated rings. The number of benzene rings is 1. The van der Waals surface area contributed by atoms with E-state index in [1.165, 1.54) is 12.1 Å². The van der Waals surface area contributed by atoms with E-state index in [-0.39, 0.29) is 0 Å². The Hall–Kier alpha value is -1.88. The fraction of sp³-hybridized carbons (Fsp3) is 0.231. The minimum absolute atomic E-state index is 0.303. The third-order valence-electron chi connectivity index (χ3n) is 2.48. The van der Waals surface area contributed by atoms with Gasteiger partial charge >= 0.3 is 0 Å². The Kier molecular flexibility index (Phi) is 3.94. The van der Waals surface area contributed by atoms with Gasteiger partial charge in [-0.1, -0.05) is 0 Å². The number of rotatable bonds is 4. The van der Waals surface area contributed by atoms with Crippen LogP contribution < -0.4 is 5.73 Å². The molecule has 0 radical (unpaired) electrons. The lowest BCUT2D eigenvalue weighted by molar-refractivity contribution is 0.580. The SMILES string of the molecule is NCCc1cnc(Cc2cc(F)cc(F)c2)nc1. The van der Waals surface area contributed by atoms with Gasteiger partial charge in [0.05, 0.1) is 0 Å². The van der Waals surface area contributed by atoms with Crippen molar-refractivity contribution in [3.63, 3.8) is 0 Å². The van der Waals surface area contributed by atoms with Crippen molar-refractivity contribution in [3.8, 4) is 0 Å². The van der Waals surface area contributed by atoms with Crippen molar-refractivity contribution in [2.75, 3.05) is 6.54 Å². The van der Waals surface area contributed by atoms with Gasteiger partial charge in [0, 0.05) is 24.9 Å². The third-order valence-corrected chi connectivity index (χ3v) is 2.48. The first-order valence-corrected chi connectivity index (χ1v) is 5.62. The Morgan fingerprint density at radius 3 is 2.11 bits per heavy atom. The lowest BCUT2D eigenvalue weighted by atomic mass is 10.1. The highest BCUT2D eigenvalue weighted by Crippen LogP contribution is 2.11. The maximum absolute atomic E-state index is 13.0. The molecule has 0 bridgehead atoms. The fourth-order valence-electron chi connectivity index (χ4n) is 1.66. The molecule has 2 rings (SSSR count). The predicted molar refractivity (Wildman–Crippen MR) is 64.0 cm³/mol. The van der Waals surface area contributed by atoms with E-state index in [2.05, 4.69) is 9.97 Å². The van der Waals surface area contributed by atoms with Gasteiger partial charge in [-0.25, -0.2) is 18.7 Å². The molecular weight excluding hydrogens is 236 g/mol. The van der Waals surface area contributed by atoms with Crippen molar-refractivity contribution in [3.05, 3.63) is 59.2 Å². The second-order valence-corrected chi connectivity index (χ2v) is 4.00. The van der Waals surface area contributed by atoms with Gasteiger partial charge in [0.15, 0.2) is 0 Å². The highest BCUT2D eigenvalue weighted by atomic mass is 19.1. The number of aromatic nitrogens is 2. The van der Waals surface area contributed by atoms with Crippen LogP contribution >= 0.6 is 0 Å². The molecule has 1 aromatic heterocycles. The number of nitrogens with two attached hydrogens (primary N) is 1. The van der Waals surface area contributed by atoms with Crippen LogP contribution in [0, 0.1) is 11.6 Å². The molecule has 0 saturated carbocycles. The Morgan fingerprint density at radius 1 is 0.944 bits per heavy atom. The first-order valence-electron chi connectivity index (χ1n) is 5.62. The summed E-state index contributed by atoms with van der Waals surface area (Å²) >= 11 is 0. The molecule has 1 heterocycles. The van der Waals surface area contributed by atoms with Crippen LogP contribution in [0.5, 0.6) is 0 Å². The summed E-state index contributed by atoms with van der Waals surface area (Å²) in [5.41, 5.74) is 6.88. The van der Waals surface area contributed by atoms with Crippen molar-refractivity contribution >= 4 is 0 Å². The van der Waals surface area contributed by atoms with Gasteiger partial charge in [0.1, 0.15) is 17.5 Å². The molecule has 18 heavy (non-hydrogen) atoms. The molecule has 0 saturated heterocycles. The first-order chi connectivity index (χ1) is 8.67. The molecule has 3 nitrogen and oxygen atoms in total. The molecule has 1 aromatic carbocycles. The van der Waals surface area contributed by atoms with E-state index >= 15 is 0 Å². The molecular formula is C13H13F2N3. The molecule has 0 atom stereocenters. The predicted octanol–water partition coefficient (Wildman–Crippen LogP) is 1.85. The van der Waals surface area contributed by atoms with Gasteiger partial charge < -0.3 is 5.73 Å². The van der Waals surface area contributed by atoms with E-state index in [1.807, 2.05) is 0 Å². The molecule has 94 valence electrons. The van der Waals surface area contributed by atoms with Crippen LogP contribution in [0.25, 0.3) is 0 Å². The van der Waals surface area contributed by atoms with Crippen LogP contribution in [-0.2, 0) is 12.8 Å². The van der Waals surface area contributed by atoms with Crippen LogP contribution in [0.3, 0.4) is 0 Å². The number of hydrogen-bond acceptors (Lipinski definition) is 3. The van der Waals surface area contributed by atoms with Crippen molar-refractivity contribution < 1.29 is 8.78 Å². The molecule has 0 aliphatic carbocycles. The van der Waals surface area contributed by atoms with Gasteiger partial charge in [-0.15, -0.1) is 0 Å². The highest BCUT2D eigenvalue weighted by molar-refractivity contribution is 5.21. The van der Waals surface area contributed by atoms with Crippen LogP contribution in [-0.4, -0.2) is 16.5 Å². The quantitative estimate of drug-likeness (QED) is 0.899. The zero-order valence-corrected chi connectivity index (χ0v) is 9.74. The lowest BCUT2D eigenvalue weighted by Gasteiger charge is -2.03. The Labute approximate surface area is 104 Å². The number of hydrogen-bond donors (Lipinski definition) is 1. The van der Waals surface area contributed by atoms with Gasteiger partial charge in [-0.05, 0) is 36.2 Å². The fourth-order valence-corrected chi connectivity index (χ4v) is 1.66. The van der Waals surface area contributed by atoms with Crippen molar-refractivity contribution in [2.24, 2.45) is 5.73 Å². The van der Waals surface area contributed by atoms with Gasteiger partial charge in [0.2, 0.25) is 0 Å². The summed E-state index contributed by atoms with van der Waals surface area (Å²) in [7, 11) is 0. The van der Waals surface area contributed by atoms with Crippen molar-refractivity contribution in [2.45, 2.75) is 12.8 Å². The third kappa shape index (κ3) is 3.30. The summed E-state index contributed by atoms with van der Waals surface area (Å²) < 4.78 is 26.0. The minimum Gasteiger partial charge on any atom is -0.330 e. The summed E-state index contributed by atoms with van der Waals surface area (Å²) in [5.74, 6) is -0.657. The molecule has 2 N–H and O–H groups in total. The second-order valence-electron chi connectivity index (χ2n) is 4.00. The van der Waals surface area contributed by atoms with Crippen LogP contribution in [0.15, 0.2) is 30.6 Å². The van der Waals surface area contributed by atoms with E-state index in [0.717, 1.165) is 18.1 Å². The summed E-state index contributed by atoms with van der Waals surface area (Å²) in [6.07, 6.45) is 4.39. The smallest absolute Gasteiger partial charge is 0.132 e. The molecule has 5 heteroatoms. The molecule has 2 aromatic rings. The van der Waals surface area contributed by atoms with E-state index in [0.29, 0.717) is 24.4 Å². The first kappa shape index (κ1) is 12.6. The lowest BCUT2D eigenvalue weighted by Crippen LogP contribution is -2.05. The van der Waals surface area contributed by atoms with E-state index in [4.69, 9.17) is 5.73 Å². The molecule has 0 amide bonds. The maximum atomic E-state index is 13.0. The van der Waals surface area contributed by atoms with Crippen molar-refractivity contribution in [1.29, 1.82) is 0 Å². The number of nitrogens with zero attached hydrogens (tertiary/aromatic N) is 2. The highest BCUT2D eigenvalue weighted by Gasteiger charge is 2.04. The van der Waals surface area contributed by atoms with Crippen LogP contribution in [0.4, 0.5) is 8.78 Å². The Morgan fingerprint density at radius 2 is 1.56 bits per heavy atom. The zero-order chi connectivity index (χ0) is 13.0. The van der Waals surface area contributed by atoms with Crippen LogP contribution in [0.1, 0.15) is 17.0 Å². The van der Waals surface area contributed by atoms with E-state index in [9.17, 15) is 8.78 Å². The van der Waals surface area contributed by atoms with Gasteiger partial charge in [0.25, 0.3) is 0 Å². The van der Waals surface area contributed by atoms with Crippen molar-refractivity contribution in [1.82, 2.24) is 9.97 Å². The Bertz CT molecular complexity index is 506. The van der Waals surface area contributed by atoms with Gasteiger partial charge in [-0.3, -0.25) is 0 Å². The second kappa shape index (κ2) is 5.64. The largest absolute Gasteiger partial charge is 0.330 e. The normalized spacial score (nSPS) is 10.6. The molecule has 0 aliphatic heterocycles. The molecule has 0 spiro atoms.